The highest BCUT2D eigenvalue weighted by Gasteiger charge is 2.16. The van der Waals surface area contributed by atoms with Crippen molar-refractivity contribution in [2.24, 2.45) is 5.92 Å². The molecule has 3 heteroatoms. The van der Waals surface area contributed by atoms with Gasteiger partial charge in [0.25, 0.3) is 0 Å². The molecule has 0 radical (unpaired) electrons. The Labute approximate surface area is 114 Å². The highest BCUT2D eigenvalue weighted by Crippen LogP contribution is 2.25. The number of hydrogen-bond donors (Lipinski definition) is 1. The first-order valence-corrected chi connectivity index (χ1v) is 7.10. The summed E-state index contributed by atoms with van der Waals surface area (Å²) in [6.07, 6.45) is 4.48. The normalized spacial score (nSPS) is 16.7. The minimum atomic E-state index is 0.804. The molecule has 0 amide bonds. The van der Waals surface area contributed by atoms with Gasteiger partial charge in [-0.3, -0.25) is 4.98 Å². The van der Waals surface area contributed by atoms with Gasteiger partial charge in [-0.1, -0.05) is 18.2 Å². The fourth-order valence-corrected chi connectivity index (χ4v) is 2.96. The predicted molar refractivity (Wildman–Crippen MR) is 80.6 cm³/mol. The van der Waals surface area contributed by atoms with E-state index in [1.54, 1.807) is 0 Å². The number of rotatable bonds is 3. The molecular formula is C16H21N3. The van der Waals surface area contributed by atoms with Crippen LogP contribution < -0.4 is 10.2 Å². The highest BCUT2D eigenvalue weighted by molar-refractivity contribution is 5.91. The van der Waals surface area contributed by atoms with Crippen LogP contribution in [0.5, 0.6) is 0 Å². The molecule has 1 aromatic heterocycles. The molecule has 0 atom stereocenters. The number of nitrogens with zero attached hydrogens (tertiary/aromatic N) is 2. The predicted octanol–water partition coefficient (Wildman–Crippen LogP) is 2.67. The van der Waals surface area contributed by atoms with Crippen molar-refractivity contribution in [2.75, 3.05) is 31.6 Å². The fourth-order valence-electron chi connectivity index (χ4n) is 2.96. The first kappa shape index (κ1) is 12.4. The Morgan fingerprint density at radius 1 is 1.21 bits per heavy atom. The van der Waals surface area contributed by atoms with Crippen molar-refractivity contribution >= 4 is 16.6 Å². The van der Waals surface area contributed by atoms with E-state index in [4.69, 9.17) is 0 Å². The number of aromatic nitrogens is 1. The molecule has 1 aromatic carbocycles. The van der Waals surface area contributed by atoms with E-state index < -0.39 is 0 Å². The number of pyridine rings is 1. The van der Waals surface area contributed by atoms with E-state index in [0.29, 0.717) is 0 Å². The first-order chi connectivity index (χ1) is 9.34. The number of fused-ring (bicyclic) bond motifs is 1. The van der Waals surface area contributed by atoms with E-state index >= 15 is 0 Å². The Hall–Kier alpha value is -1.61. The van der Waals surface area contributed by atoms with Crippen molar-refractivity contribution in [3.8, 4) is 0 Å². The lowest BCUT2D eigenvalue weighted by atomic mass is 9.97. The van der Waals surface area contributed by atoms with Gasteiger partial charge in [-0.2, -0.15) is 0 Å². The van der Waals surface area contributed by atoms with Crippen LogP contribution in [0.2, 0.25) is 0 Å². The highest BCUT2D eigenvalue weighted by atomic mass is 15.1. The lowest BCUT2D eigenvalue weighted by molar-refractivity contribution is 0.378. The van der Waals surface area contributed by atoms with E-state index in [1.807, 2.05) is 12.3 Å². The summed E-state index contributed by atoms with van der Waals surface area (Å²) in [7, 11) is 2.20. The van der Waals surface area contributed by atoms with Crippen LogP contribution >= 0.6 is 0 Å². The maximum Gasteiger partial charge on any atom is 0.0722 e. The van der Waals surface area contributed by atoms with Gasteiger partial charge in [0, 0.05) is 30.9 Å². The molecular weight excluding hydrogens is 234 g/mol. The van der Waals surface area contributed by atoms with Crippen LogP contribution in [0.25, 0.3) is 10.9 Å². The summed E-state index contributed by atoms with van der Waals surface area (Å²) in [4.78, 5) is 6.82. The number of benzene rings is 1. The van der Waals surface area contributed by atoms with E-state index in [0.717, 1.165) is 31.1 Å². The largest absolute Gasteiger partial charge is 0.374 e. The van der Waals surface area contributed by atoms with E-state index in [9.17, 15) is 0 Å². The zero-order valence-electron chi connectivity index (χ0n) is 11.5. The van der Waals surface area contributed by atoms with Crippen LogP contribution in [0, 0.1) is 5.92 Å². The third kappa shape index (κ3) is 2.71. The van der Waals surface area contributed by atoms with Gasteiger partial charge >= 0.3 is 0 Å². The summed E-state index contributed by atoms with van der Waals surface area (Å²) >= 11 is 0. The molecule has 1 saturated heterocycles. The van der Waals surface area contributed by atoms with Crippen molar-refractivity contribution in [3.05, 3.63) is 36.5 Å². The monoisotopic (exact) mass is 255 g/mol. The third-order valence-electron chi connectivity index (χ3n) is 4.03. The Morgan fingerprint density at radius 3 is 2.84 bits per heavy atom. The Bertz CT molecular complexity index is 541. The van der Waals surface area contributed by atoms with Crippen molar-refractivity contribution < 1.29 is 0 Å². The molecule has 1 fully saturated rings. The van der Waals surface area contributed by atoms with Gasteiger partial charge in [-0.25, -0.2) is 0 Å². The summed E-state index contributed by atoms with van der Waals surface area (Å²) in [5, 5.41) is 4.68. The maximum absolute atomic E-state index is 4.43. The Kier molecular flexibility index (Phi) is 3.65. The van der Waals surface area contributed by atoms with Gasteiger partial charge in [-0.15, -0.1) is 0 Å². The smallest absolute Gasteiger partial charge is 0.0722 e. The van der Waals surface area contributed by atoms with E-state index in [-0.39, 0.29) is 0 Å². The van der Waals surface area contributed by atoms with Gasteiger partial charge in [0.05, 0.1) is 5.52 Å². The number of nitrogens with one attached hydrogen (secondary N) is 1. The van der Waals surface area contributed by atoms with Crippen LogP contribution in [0.4, 0.5) is 5.69 Å². The zero-order valence-corrected chi connectivity index (χ0v) is 11.5. The van der Waals surface area contributed by atoms with E-state index in [2.05, 4.69) is 46.5 Å². The number of para-hydroxylation sites is 1. The summed E-state index contributed by atoms with van der Waals surface area (Å²) in [5.74, 6) is 0.804. The second kappa shape index (κ2) is 5.57. The molecule has 2 aromatic rings. The van der Waals surface area contributed by atoms with Crippen LogP contribution in [0.15, 0.2) is 36.5 Å². The molecule has 0 aliphatic carbocycles. The molecule has 0 saturated carbocycles. The molecule has 0 spiro atoms. The van der Waals surface area contributed by atoms with Gasteiger partial charge in [0.2, 0.25) is 0 Å². The topological polar surface area (TPSA) is 28.2 Å². The Morgan fingerprint density at radius 2 is 2.00 bits per heavy atom. The molecule has 1 N–H and O–H groups in total. The summed E-state index contributed by atoms with van der Waals surface area (Å²) < 4.78 is 0. The molecule has 3 rings (SSSR count). The summed E-state index contributed by atoms with van der Waals surface area (Å²) in [5.41, 5.74) is 2.38. The van der Waals surface area contributed by atoms with Crippen LogP contribution in [-0.4, -0.2) is 31.7 Å². The zero-order chi connectivity index (χ0) is 13.1. The van der Waals surface area contributed by atoms with Gasteiger partial charge in [0.15, 0.2) is 0 Å². The van der Waals surface area contributed by atoms with Crippen LogP contribution in [-0.2, 0) is 0 Å². The molecule has 1 aliphatic heterocycles. The first-order valence-electron chi connectivity index (χ1n) is 7.10. The summed E-state index contributed by atoms with van der Waals surface area (Å²) in [6, 6.07) is 10.5. The van der Waals surface area contributed by atoms with Crippen molar-refractivity contribution in [1.29, 1.82) is 0 Å². The lowest BCUT2D eigenvalue weighted by Crippen LogP contribution is -2.34. The molecule has 19 heavy (non-hydrogen) atoms. The standard InChI is InChI=1S/C16H21N3/c1-19(12-13-6-9-17-10-7-13)16-8-11-18-15-5-3-2-4-14(15)16/h2-5,8,11,13,17H,6-7,9-10,12H2,1H3. The minimum absolute atomic E-state index is 0.804. The quantitative estimate of drug-likeness (QED) is 0.914. The van der Waals surface area contributed by atoms with Crippen molar-refractivity contribution in [2.45, 2.75) is 12.8 Å². The van der Waals surface area contributed by atoms with Crippen LogP contribution in [0.1, 0.15) is 12.8 Å². The lowest BCUT2D eigenvalue weighted by Gasteiger charge is -2.29. The van der Waals surface area contributed by atoms with Crippen LogP contribution in [0.3, 0.4) is 0 Å². The molecule has 0 unspecified atom stereocenters. The van der Waals surface area contributed by atoms with Gasteiger partial charge in [0.1, 0.15) is 0 Å². The molecule has 0 bridgehead atoms. The fraction of sp³-hybridized carbons (Fsp3) is 0.438. The number of piperidine rings is 1. The Balaban J connectivity index is 1.82. The summed E-state index contributed by atoms with van der Waals surface area (Å²) in [6.45, 7) is 3.46. The SMILES string of the molecule is CN(CC1CCNCC1)c1ccnc2ccccc12. The average Bonchev–Trinajstić information content (AvgIpc) is 2.47. The molecule has 3 nitrogen and oxygen atoms in total. The number of anilines is 1. The molecule has 100 valence electrons. The van der Waals surface area contributed by atoms with Gasteiger partial charge in [-0.05, 0) is 44.0 Å². The van der Waals surface area contributed by atoms with Crippen molar-refractivity contribution in [3.63, 3.8) is 0 Å². The maximum atomic E-state index is 4.43. The van der Waals surface area contributed by atoms with Gasteiger partial charge < -0.3 is 10.2 Å². The third-order valence-corrected chi connectivity index (χ3v) is 4.03. The second-order valence-electron chi connectivity index (χ2n) is 5.42. The average molecular weight is 255 g/mol. The van der Waals surface area contributed by atoms with Crippen molar-refractivity contribution in [1.82, 2.24) is 10.3 Å². The second-order valence-corrected chi connectivity index (χ2v) is 5.42. The minimum Gasteiger partial charge on any atom is -0.374 e. The van der Waals surface area contributed by atoms with E-state index in [1.165, 1.54) is 23.9 Å². The molecule has 1 aliphatic rings. The molecule has 2 heterocycles. The number of hydrogen-bond acceptors (Lipinski definition) is 3.